The number of nitrogens with one attached hydrogen (secondary N) is 1. The number of nitrogens with zero attached hydrogens (tertiary/aromatic N) is 2. The van der Waals surface area contributed by atoms with Crippen molar-refractivity contribution in [1.82, 2.24) is 14.9 Å². The number of hydrogen-bond donors (Lipinski definition) is 1. The second kappa shape index (κ2) is 5.19. The molecule has 0 bridgehead atoms. The lowest BCUT2D eigenvalue weighted by atomic mass is 10.0. The van der Waals surface area contributed by atoms with Crippen LogP contribution in [0.1, 0.15) is 37.3 Å². The van der Waals surface area contributed by atoms with Gasteiger partial charge in [0.25, 0.3) is 0 Å². The second-order valence-corrected chi connectivity index (χ2v) is 5.15. The Morgan fingerprint density at radius 2 is 2.41 bits per heavy atom. The maximum Gasteiger partial charge on any atom is 0.0949 e. The van der Waals surface area contributed by atoms with E-state index in [4.69, 9.17) is 4.74 Å². The summed E-state index contributed by atoms with van der Waals surface area (Å²) >= 11 is 0. The molecule has 1 aromatic heterocycles. The van der Waals surface area contributed by atoms with E-state index < -0.39 is 0 Å². The number of hydrogen-bond acceptors (Lipinski definition) is 3. The Balaban J connectivity index is 1.67. The van der Waals surface area contributed by atoms with Gasteiger partial charge in [0, 0.05) is 31.0 Å². The molecule has 2 aliphatic heterocycles. The molecule has 0 amide bonds. The summed E-state index contributed by atoms with van der Waals surface area (Å²) in [5, 5.41) is 3.42. The molecule has 17 heavy (non-hydrogen) atoms. The first-order valence-electron chi connectivity index (χ1n) is 6.76. The van der Waals surface area contributed by atoms with Gasteiger partial charge in [-0.25, -0.2) is 4.98 Å². The van der Waals surface area contributed by atoms with Gasteiger partial charge in [0.2, 0.25) is 0 Å². The van der Waals surface area contributed by atoms with Crippen LogP contribution >= 0.6 is 0 Å². The molecule has 3 heterocycles. The Hall–Kier alpha value is -0.870. The summed E-state index contributed by atoms with van der Waals surface area (Å²) in [7, 11) is 0. The Morgan fingerprint density at radius 3 is 3.18 bits per heavy atom. The molecule has 1 aromatic rings. The minimum Gasteiger partial charge on any atom is -0.376 e. The van der Waals surface area contributed by atoms with E-state index in [0.717, 1.165) is 26.2 Å². The fraction of sp³-hybridized carbons (Fsp3) is 0.769. The molecule has 3 rings (SSSR count). The van der Waals surface area contributed by atoms with E-state index in [-0.39, 0.29) is 0 Å². The lowest BCUT2D eigenvalue weighted by Gasteiger charge is -2.24. The summed E-state index contributed by atoms with van der Waals surface area (Å²) in [4.78, 5) is 4.31. The molecular formula is C13H21N3O. The molecule has 2 fully saturated rings. The predicted octanol–water partition coefficient (Wildman–Crippen LogP) is 1.53. The van der Waals surface area contributed by atoms with Crippen LogP contribution in [0, 0.1) is 0 Å². The zero-order valence-corrected chi connectivity index (χ0v) is 10.3. The quantitative estimate of drug-likeness (QED) is 0.863. The summed E-state index contributed by atoms with van der Waals surface area (Å²) in [6.45, 7) is 4.14. The summed E-state index contributed by atoms with van der Waals surface area (Å²) in [5.74, 6) is 0.640. The molecule has 0 radical (unpaired) electrons. The van der Waals surface area contributed by atoms with Crippen molar-refractivity contribution >= 4 is 0 Å². The van der Waals surface area contributed by atoms with E-state index in [9.17, 15) is 0 Å². The van der Waals surface area contributed by atoms with Gasteiger partial charge in [0.05, 0.1) is 19.0 Å². The number of aromatic nitrogens is 2. The highest BCUT2D eigenvalue weighted by Gasteiger charge is 2.22. The molecule has 2 saturated heterocycles. The normalized spacial score (nSPS) is 29.6. The van der Waals surface area contributed by atoms with Crippen molar-refractivity contribution < 1.29 is 4.74 Å². The molecule has 1 N–H and O–H groups in total. The van der Waals surface area contributed by atoms with Crippen molar-refractivity contribution in [2.75, 3.05) is 19.7 Å². The van der Waals surface area contributed by atoms with E-state index in [0.29, 0.717) is 12.0 Å². The average molecular weight is 235 g/mol. The maximum atomic E-state index is 5.80. The van der Waals surface area contributed by atoms with Gasteiger partial charge >= 0.3 is 0 Å². The number of rotatable bonds is 3. The van der Waals surface area contributed by atoms with Crippen LogP contribution in [0.15, 0.2) is 12.5 Å². The predicted molar refractivity (Wildman–Crippen MR) is 66.0 cm³/mol. The van der Waals surface area contributed by atoms with Crippen LogP contribution in [0.2, 0.25) is 0 Å². The van der Waals surface area contributed by atoms with E-state index in [2.05, 4.69) is 14.9 Å². The Labute approximate surface area is 102 Å². The molecule has 94 valence electrons. The van der Waals surface area contributed by atoms with E-state index in [1.165, 1.54) is 31.4 Å². The van der Waals surface area contributed by atoms with Gasteiger partial charge in [-0.1, -0.05) is 0 Å². The largest absolute Gasteiger partial charge is 0.376 e. The van der Waals surface area contributed by atoms with E-state index >= 15 is 0 Å². The van der Waals surface area contributed by atoms with Crippen LogP contribution in [-0.4, -0.2) is 35.4 Å². The summed E-state index contributed by atoms with van der Waals surface area (Å²) in [5.41, 5.74) is 1.38. The molecule has 2 aliphatic rings. The van der Waals surface area contributed by atoms with Gasteiger partial charge in [-0.05, 0) is 32.2 Å². The first-order valence-corrected chi connectivity index (χ1v) is 6.76. The lowest BCUT2D eigenvalue weighted by molar-refractivity contribution is 0.00545. The van der Waals surface area contributed by atoms with Crippen molar-refractivity contribution in [3.8, 4) is 0 Å². The van der Waals surface area contributed by atoms with Crippen LogP contribution in [0.3, 0.4) is 0 Å². The summed E-state index contributed by atoms with van der Waals surface area (Å²) in [6, 6.07) is 0. The maximum absolute atomic E-state index is 5.80. The third kappa shape index (κ3) is 2.53. The Morgan fingerprint density at radius 1 is 1.41 bits per heavy atom. The van der Waals surface area contributed by atoms with Gasteiger partial charge in [-0.15, -0.1) is 0 Å². The monoisotopic (exact) mass is 235 g/mol. The topological polar surface area (TPSA) is 39.1 Å². The highest BCUT2D eigenvalue weighted by atomic mass is 16.5. The molecule has 2 atom stereocenters. The Kier molecular flexibility index (Phi) is 3.43. The van der Waals surface area contributed by atoms with Gasteiger partial charge in [0.1, 0.15) is 0 Å². The smallest absolute Gasteiger partial charge is 0.0949 e. The molecule has 0 saturated carbocycles. The molecule has 0 aromatic carbocycles. The van der Waals surface area contributed by atoms with Crippen LogP contribution in [0.4, 0.5) is 0 Å². The van der Waals surface area contributed by atoms with Crippen molar-refractivity contribution in [2.24, 2.45) is 0 Å². The zero-order valence-electron chi connectivity index (χ0n) is 10.3. The molecule has 4 heteroatoms. The molecule has 0 spiro atoms. The van der Waals surface area contributed by atoms with Gasteiger partial charge < -0.3 is 14.6 Å². The first kappa shape index (κ1) is 11.2. The standard InChI is InChI=1S/C13H21N3O/c1-2-6-17-12(3-1)9-16-10-15-8-13(16)11-4-5-14-7-11/h8,10-12,14H,1-7,9H2. The Bertz CT molecular complexity index is 351. The highest BCUT2D eigenvalue weighted by Crippen LogP contribution is 2.23. The van der Waals surface area contributed by atoms with Crippen molar-refractivity contribution in [3.63, 3.8) is 0 Å². The van der Waals surface area contributed by atoms with Gasteiger partial charge in [-0.2, -0.15) is 0 Å². The van der Waals surface area contributed by atoms with Crippen molar-refractivity contribution in [3.05, 3.63) is 18.2 Å². The van der Waals surface area contributed by atoms with Crippen LogP contribution in [0.5, 0.6) is 0 Å². The number of ether oxygens (including phenoxy) is 1. The molecule has 4 nitrogen and oxygen atoms in total. The minimum atomic E-state index is 0.395. The zero-order chi connectivity index (χ0) is 11.5. The molecule has 2 unspecified atom stereocenters. The summed E-state index contributed by atoms with van der Waals surface area (Å²) in [6.07, 6.45) is 9.34. The molecular weight excluding hydrogens is 214 g/mol. The van der Waals surface area contributed by atoms with Crippen LogP contribution in [0.25, 0.3) is 0 Å². The van der Waals surface area contributed by atoms with Crippen molar-refractivity contribution in [1.29, 1.82) is 0 Å². The fourth-order valence-electron chi connectivity index (χ4n) is 2.90. The number of imidazole rings is 1. The minimum absolute atomic E-state index is 0.395. The average Bonchev–Trinajstić information content (AvgIpc) is 3.00. The van der Waals surface area contributed by atoms with Crippen LogP contribution in [-0.2, 0) is 11.3 Å². The van der Waals surface area contributed by atoms with Crippen molar-refractivity contribution in [2.45, 2.75) is 44.2 Å². The van der Waals surface area contributed by atoms with E-state index in [1.54, 1.807) is 0 Å². The van der Waals surface area contributed by atoms with E-state index in [1.807, 2.05) is 12.5 Å². The van der Waals surface area contributed by atoms with Gasteiger partial charge in [-0.3, -0.25) is 0 Å². The fourth-order valence-corrected chi connectivity index (χ4v) is 2.90. The highest BCUT2D eigenvalue weighted by molar-refractivity contribution is 5.09. The molecule has 0 aliphatic carbocycles. The summed E-state index contributed by atoms with van der Waals surface area (Å²) < 4.78 is 8.10. The SMILES string of the molecule is c1ncn(CC2CCCCO2)c1C1CCNC1. The van der Waals surface area contributed by atoms with Crippen LogP contribution < -0.4 is 5.32 Å². The second-order valence-electron chi connectivity index (χ2n) is 5.15. The van der Waals surface area contributed by atoms with Gasteiger partial charge in [0.15, 0.2) is 0 Å². The lowest BCUT2D eigenvalue weighted by Crippen LogP contribution is -2.25. The first-order chi connectivity index (χ1) is 8.43. The third-order valence-corrected chi connectivity index (χ3v) is 3.90. The third-order valence-electron chi connectivity index (χ3n) is 3.90.